The third-order valence-corrected chi connectivity index (χ3v) is 3.02. The van der Waals surface area contributed by atoms with E-state index in [1.165, 1.54) is 0 Å². The molecule has 0 fully saturated rings. The average molecular weight is 392 g/mol. The summed E-state index contributed by atoms with van der Waals surface area (Å²) in [5, 5.41) is 0. The molecule has 2 aromatic carbocycles. The van der Waals surface area contributed by atoms with Crippen LogP contribution in [0.2, 0.25) is 0 Å². The summed E-state index contributed by atoms with van der Waals surface area (Å²) < 4.78 is 9.79. The van der Waals surface area contributed by atoms with Crippen LogP contribution in [0.15, 0.2) is 85.0 Å². The van der Waals surface area contributed by atoms with Crippen LogP contribution in [0, 0.1) is 24.3 Å². The maximum atomic E-state index is 4.89. The molecular formula is C24H24O2Ti. The van der Waals surface area contributed by atoms with Crippen LogP contribution in [-0.2, 0) is 21.7 Å². The molecule has 0 saturated heterocycles. The van der Waals surface area contributed by atoms with Crippen LogP contribution in [0.5, 0.6) is 11.5 Å². The van der Waals surface area contributed by atoms with E-state index in [1.807, 2.05) is 72.8 Å². The molecule has 0 saturated carbocycles. The van der Waals surface area contributed by atoms with E-state index in [2.05, 4.69) is 36.4 Å². The van der Waals surface area contributed by atoms with Crippen molar-refractivity contribution in [2.45, 2.75) is 12.8 Å². The van der Waals surface area contributed by atoms with Crippen molar-refractivity contribution in [3.8, 4) is 11.5 Å². The van der Waals surface area contributed by atoms with Crippen LogP contribution in [0.4, 0.5) is 0 Å². The number of benzene rings is 2. The molecule has 0 aromatic heterocycles. The van der Waals surface area contributed by atoms with E-state index in [-0.39, 0.29) is 21.7 Å². The molecule has 0 heterocycles. The minimum Gasteiger partial charge on any atom is -0.522 e. The number of methoxy groups -OCH3 is 2. The summed E-state index contributed by atoms with van der Waals surface area (Å²) in [5.74, 6) is 1.76. The molecule has 0 atom stereocenters. The number of rotatable bonds is 2. The summed E-state index contributed by atoms with van der Waals surface area (Å²) in [7, 11) is 3.30. The summed E-state index contributed by atoms with van der Waals surface area (Å²) in [6, 6.07) is 20.5. The van der Waals surface area contributed by atoms with E-state index in [9.17, 15) is 0 Å². The third kappa shape index (κ3) is 14.6. The first-order valence-electron chi connectivity index (χ1n) is 8.30. The van der Waals surface area contributed by atoms with Gasteiger partial charge in [-0.25, -0.2) is 24.3 Å². The van der Waals surface area contributed by atoms with Crippen LogP contribution < -0.4 is 9.47 Å². The van der Waals surface area contributed by atoms with Crippen molar-refractivity contribution in [1.82, 2.24) is 0 Å². The van der Waals surface area contributed by atoms with E-state index in [1.54, 1.807) is 14.2 Å². The first-order valence-corrected chi connectivity index (χ1v) is 8.30. The van der Waals surface area contributed by atoms with Gasteiger partial charge in [-0.2, -0.15) is 48.6 Å². The minimum absolute atomic E-state index is 0. The molecular weight excluding hydrogens is 368 g/mol. The Hall–Kier alpha value is -2.29. The van der Waals surface area contributed by atoms with E-state index < -0.39 is 0 Å². The maximum absolute atomic E-state index is 4.89. The van der Waals surface area contributed by atoms with Crippen LogP contribution >= 0.6 is 0 Å². The Morgan fingerprint density at radius 3 is 1.19 bits per heavy atom. The summed E-state index contributed by atoms with van der Waals surface area (Å²) >= 11 is 0. The quantitative estimate of drug-likeness (QED) is 0.489. The van der Waals surface area contributed by atoms with Crippen molar-refractivity contribution >= 4 is 0 Å². The molecule has 2 nitrogen and oxygen atoms in total. The molecule has 0 unspecified atom stereocenters. The molecule has 136 valence electrons. The fourth-order valence-corrected chi connectivity index (χ4v) is 1.70. The Morgan fingerprint density at radius 2 is 1.04 bits per heavy atom. The average Bonchev–Trinajstić information content (AvgIpc) is 3.48. The summed E-state index contributed by atoms with van der Waals surface area (Å²) in [6.45, 7) is 0. The Kier molecular flexibility index (Phi) is 16.9. The molecule has 0 bridgehead atoms. The number of hydrogen-bond donors (Lipinski definition) is 0. The normalized spacial score (nSPS) is 11.6. The molecule has 27 heavy (non-hydrogen) atoms. The Bertz CT molecular complexity index is 593. The molecule has 0 N–H and O–H groups in total. The van der Waals surface area contributed by atoms with Gasteiger partial charge in [-0.1, -0.05) is 0 Å². The number of allylic oxidation sites excluding steroid dienone is 8. The number of hydrogen-bond acceptors (Lipinski definition) is 2. The summed E-state index contributed by atoms with van der Waals surface area (Å²) in [5.41, 5.74) is 0. The predicted octanol–water partition coefficient (Wildman–Crippen LogP) is 5.60. The minimum atomic E-state index is 0. The predicted molar refractivity (Wildman–Crippen MR) is 107 cm³/mol. The molecule has 0 amide bonds. The second-order valence-electron chi connectivity index (χ2n) is 4.89. The van der Waals surface area contributed by atoms with Gasteiger partial charge in [0.15, 0.2) is 0 Å². The molecule has 2 aliphatic rings. The van der Waals surface area contributed by atoms with Crippen LogP contribution in [-0.4, -0.2) is 14.2 Å². The van der Waals surface area contributed by atoms with Gasteiger partial charge in [0.05, 0.1) is 14.2 Å². The second-order valence-corrected chi connectivity index (χ2v) is 4.89. The van der Waals surface area contributed by atoms with Gasteiger partial charge in [-0.05, 0) is 0 Å². The van der Waals surface area contributed by atoms with E-state index >= 15 is 0 Å². The summed E-state index contributed by atoms with van der Waals surface area (Å²) in [6.07, 6.45) is 20.0. The van der Waals surface area contributed by atoms with Crippen LogP contribution in [0.25, 0.3) is 0 Å². The first-order chi connectivity index (χ1) is 12.9. The maximum Gasteiger partial charge on any atom is 4.00 e. The van der Waals surface area contributed by atoms with Gasteiger partial charge in [0.1, 0.15) is 0 Å². The van der Waals surface area contributed by atoms with Crippen molar-refractivity contribution < 1.29 is 31.2 Å². The molecule has 2 aromatic rings. The Morgan fingerprint density at radius 1 is 0.667 bits per heavy atom. The molecule has 4 rings (SSSR count). The van der Waals surface area contributed by atoms with Crippen molar-refractivity contribution in [2.24, 2.45) is 0 Å². The molecule has 2 aliphatic carbocycles. The number of ether oxygens (including phenoxy) is 2. The second kappa shape index (κ2) is 18.5. The van der Waals surface area contributed by atoms with Gasteiger partial charge in [0.2, 0.25) is 0 Å². The van der Waals surface area contributed by atoms with Gasteiger partial charge in [0.25, 0.3) is 0 Å². The Balaban J connectivity index is 0.000000337. The van der Waals surface area contributed by atoms with E-state index in [0.717, 1.165) is 24.3 Å². The fourth-order valence-electron chi connectivity index (χ4n) is 1.70. The van der Waals surface area contributed by atoms with Gasteiger partial charge >= 0.3 is 21.7 Å². The van der Waals surface area contributed by atoms with E-state index in [4.69, 9.17) is 9.47 Å². The van der Waals surface area contributed by atoms with Gasteiger partial charge in [-0.15, -0.1) is 37.1 Å². The fraction of sp³-hybridized carbons (Fsp3) is 0.167. The summed E-state index contributed by atoms with van der Waals surface area (Å²) in [4.78, 5) is 0. The smallest absolute Gasteiger partial charge is 0.522 e. The topological polar surface area (TPSA) is 18.5 Å². The first kappa shape index (κ1) is 24.7. The van der Waals surface area contributed by atoms with Gasteiger partial charge in [-0.3, -0.25) is 12.2 Å². The largest absolute Gasteiger partial charge is 4.00 e. The van der Waals surface area contributed by atoms with Gasteiger partial charge < -0.3 is 9.47 Å². The molecule has 0 aliphatic heterocycles. The molecule has 0 spiro atoms. The molecule has 0 radical (unpaired) electrons. The van der Waals surface area contributed by atoms with Crippen molar-refractivity contribution in [1.29, 1.82) is 0 Å². The van der Waals surface area contributed by atoms with Crippen molar-refractivity contribution in [3.63, 3.8) is 0 Å². The zero-order valence-corrected chi connectivity index (χ0v) is 17.4. The molecule has 3 heteroatoms. The Labute approximate surface area is 178 Å². The monoisotopic (exact) mass is 392 g/mol. The van der Waals surface area contributed by atoms with Crippen LogP contribution in [0.3, 0.4) is 0 Å². The van der Waals surface area contributed by atoms with Crippen LogP contribution in [0.1, 0.15) is 12.8 Å². The standard InChI is InChI=1S/2C7H7O.2C5H5.Ti/c2*1-8-7-5-3-2-4-6-7;2*1-2-4-5-3-1;/h2*3-6H,1H3;2*1-3H,4H2;/q4*-1;+4. The van der Waals surface area contributed by atoms with Gasteiger partial charge in [0, 0.05) is 11.5 Å². The zero-order chi connectivity index (χ0) is 18.7. The third-order valence-electron chi connectivity index (χ3n) is 3.02. The zero-order valence-electron chi connectivity index (χ0n) is 15.8. The van der Waals surface area contributed by atoms with Crippen molar-refractivity contribution in [2.75, 3.05) is 14.2 Å². The van der Waals surface area contributed by atoms with E-state index in [0.29, 0.717) is 0 Å². The van der Waals surface area contributed by atoms with Crippen molar-refractivity contribution in [3.05, 3.63) is 109 Å². The SMILES string of the molecule is COc1cc[c-]cc1.COc1cc[c-]cc1.[C-]1=CC=CC1.[C-]1=CC=CC1.[Ti+4].